The highest BCUT2D eigenvalue weighted by Gasteiger charge is 2.24. The molecular formula is C13H18N2O2. The summed E-state index contributed by atoms with van der Waals surface area (Å²) in [5.74, 6) is 0.470. The summed E-state index contributed by atoms with van der Waals surface area (Å²) in [4.78, 5) is 17.7. The number of amides is 1. The van der Waals surface area contributed by atoms with Crippen LogP contribution >= 0.6 is 0 Å². The average Bonchev–Trinajstić information content (AvgIpc) is 2.86. The molecule has 1 aliphatic heterocycles. The number of pyridine rings is 1. The molecule has 2 heterocycles. The first-order chi connectivity index (χ1) is 8.29. The van der Waals surface area contributed by atoms with Crippen LogP contribution in [0.15, 0.2) is 24.5 Å². The fraction of sp³-hybridized carbons (Fsp3) is 0.538. The first-order valence-electron chi connectivity index (χ1n) is 6.07. The Morgan fingerprint density at radius 1 is 1.47 bits per heavy atom. The van der Waals surface area contributed by atoms with Crippen LogP contribution in [-0.4, -0.2) is 40.6 Å². The number of aliphatic hydroxyl groups is 1. The Bertz CT molecular complexity index is 367. The van der Waals surface area contributed by atoms with Crippen LogP contribution in [0.1, 0.15) is 18.4 Å². The molecule has 1 amide bonds. The van der Waals surface area contributed by atoms with E-state index in [1.165, 1.54) is 0 Å². The number of hydrogen-bond acceptors (Lipinski definition) is 3. The van der Waals surface area contributed by atoms with E-state index in [9.17, 15) is 4.79 Å². The van der Waals surface area contributed by atoms with Gasteiger partial charge in [0.15, 0.2) is 0 Å². The maximum atomic E-state index is 11.9. The van der Waals surface area contributed by atoms with Crippen molar-refractivity contribution in [1.29, 1.82) is 0 Å². The summed E-state index contributed by atoms with van der Waals surface area (Å²) in [5.41, 5.74) is 1.14. The van der Waals surface area contributed by atoms with E-state index in [0.717, 1.165) is 24.9 Å². The smallest absolute Gasteiger partial charge is 0.222 e. The van der Waals surface area contributed by atoms with Crippen molar-refractivity contribution in [3.8, 4) is 0 Å². The second-order valence-electron chi connectivity index (χ2n) is 4.53. The van der Waals surface area contributed by atoms with Crippen LogP contribution in [0.2, 0.25) is 0 Å². The van der Waals surface area contributed by atoms with Gasteiger partial charge in [-0.15, -0.1) is 0 Å². The van der Waals surface area contributed by atoms with Crippen molar-refractivity contribution in [3.05, 3.63) is 30.1 Å². The van der Waals surface area contributed by atoms with Crippen molar-refractivity contribution in [2.75, 3.05) is 19.7 Å². The lowest BCUT2D eigenvalue weighted by Crippen LogP contribution is -2.29. The van der Waals surface area contributed by atoms with Crippen molar-refractivity contribution < 1.29 is 9.90 Å². The zero-order valence-electron chi connectivity index (χ0n) is 9.88. The first kappa shape index (κ1) is 12.0. The number of aromatic nitrogens is 1. The van der Waals surface area contributed by atoms with Crippen LogP contribution in [0.25, 0.3) is 0 Å². The van der Waals surface area contributed by atoms with Crippen LogP contribution < -0.4 is 0 Å². The van der Waals surface area contributed by atoms with E-state index in [0.29, 0.717) is 13.0 Å². The lowest BCUT2D eigenvalue weighted by Gasteiger charge is -2.15. The van der Waals surface area contributed by atoms with Gasteiger partial charge in [-0.1, -0.05) is 0 Å². The number of carbonyl (C=O) groups excluding carboxylic acids is 1. The lowest BCUT2D eigenvalue weighted by molar-refractivity contribution is -0.130. The predicted octanol–water partition coefficient (Wildman–Crippen LogP) is 0.855. The van der Waals surface area contributed by atoms with Crippen molar-refractivity contribution in [1.82, 2.24) is 9.88 Å². The van der Waals surface area contributed by atoms with Gasteiger partial charge in [-0.25, -0.2) is 0 Å². The molecule has 0 aromatic carbocycles. The summed E-state index contributed by atoms with van der Waals surface area (Å²) in [6.07, 6.45) is 5.73. The standard InChI is InChI=1S/C13H18N2O2/c16-10-12-5-8-15(9-12)13(17)2-1-11-3-6-14-7-4-11/h3-4,6-7,12,16H,1-2,5,8-10H2. The number of rotatable bonds is 4. The molecule has 92 valence electrons. The largest absolute Gasteiger partial charge is 0.396 e. The second-order valence-corrected chi connectivity index (χ2v) is 4.53. The highest BCUT2D eigenvalue weighted by molar-refractivity contribution is 5.76. The number of nitrogens with zero attached hydrogens (tertiary/aromatic N) is 2. The maximum Gasteiger partial charge on any atom is 0.222 e. The summed E-state index contributed by atoms with van der Waals surface area (Å²) >= 11 is 0. The zero-order chi connectivity index (χ0) is 12.1. The Morgan fingerprint density at radius 2 is 2.24 bits per heavy atom. The van der Waals surface area contributed by atoms with Gasteiger partial charge in [-0.05, 0) is 30.5 Å². The Balaban J connectivity index is 1.78. The molecule has 1 aromatic rings. The van der Waals surface area contributed by atoms with E-state index in [1.54, 1.807) is 12.4 Å². The Kier molecular flexibility index (Phi) is 4.09. The third-order valence-corrected chi connectivity index (χ3v) is 3.27. The number of aliphatic hydroxyl groups excluding tert-OH is 1. The monoisotopic (exact) mass is 234 g/mol. The summed E-state index contributed by atoms with van der Waals surface area (Å²) < 4.78 is 0. The van der Waals surface area contributed by atoms with Gasteiger partial charge in [-0.2, -0.15) is 0 Å². The van der Waals surface area contributed by atoms with E-state index >= 15 is 0 Å². The predicted molar refractivity (Wildman–Crippen MR) is 64.3 cm³/mol. The maximum absolute atomic E-state index is 11.9. The molecule has 1 atom stereocenters. The minimum Gasteiger partial charge on any atom is -0.396 e. The fourth-order valence-corrected chi connectivity index (χ4v) is 2.17. The molecule has 0 bridgehead atoms. The molecule has 0 saturated carbocycles. The highest BCUT2D eigenvalue weighted by Crippen LogP contribution is 2.16. The Hall–Kier alpha value is -1.42. The molecule has 1 aliphatic rings. The molecule has 1 N–H and O–H groups in total. The van der Waals surface area contributed by atoms with Crippen LogP contribution in [0, 0.1) is 5.92 Å². The van der Waals surface area contributed by atoms with Gasteiger partial charge in [0.2, 0.25) is 5.91 Å². The minimum absolute atomic E-state index is 0.189. The molecule has 0 aliphatic carbocycles. The molecule has 1 fully saturated rings. The molecule has 0 spiro atoms. The van der Waals surface area contributed by atoms with Crippen molar-refractivity contribution >= 4 is 5.91 Å². The molecule has 1 aromatic heterocycles. The third kappa shape index (κ3) is 3.27. The van der Waals surface area contributed by atoms with E-state index in [1.807, 2.05) is 17.0 Å². The average molecular weight is 234 g/mol. The van der Waals surface area contributed by atoms with Gasteiger partial charge in [-0.3, -0.25) is 9.78 Å². The quantitative estimate of drug-likeness (QED) is 0.840. The molecule has 1 unspecified atom stereocenters. The molecule has 4 heteroatoms. The van der Waals surface area contributed by atoms with Gasteiger partial charge in [0, 0.05) is 44.4 Å². The zero-order valence-corrected chi connectivity index (χ0v) is 9.88. The molecule has 2 rings (SSSR count). The SMILES string of the molecule is O=C(CCc1ccncc1)N1CCC(CO)C1. The number of carbonyl (C=O) groups is 1. The van der Waals surface area contributed by atoms with Gasteiger partial charge in [0.25, 0.3) is 0 Å². The normalized spacial score (nSPS) is 19.6. The third-order valence-electron chi connectivity index (χ3n) is 3.27. The molecule has 1 saturated heterocycles. The topological polar surface area (TPSA) is 53.4 Å². The van der Waals surface area contributed by atoms with E-state index in [4.69, 9.17) is 5.11 Å². The van der Waals surface area contributed by atoms with E-state index in [2.05, 4.69) is 4.98 Å². The number of aryl methyl sites for hydroxylation is 1. The summed E-state index contributed by atoms with van der Waals surface area (Å²) in [6, 6.07) is 3.88. The van der Waals surface area contributed by atoms with Gasteiger partial charge in [0.05, 0.1) is 0 Å². The fourth-order valence-electron chi connectivity index (χ4n) is 2.17. The number of likely N-dealkylation sites (tertiary alicyclic amines) is 1. The van der Waals surface area contributed by atoms with Crippen LogP contribution in [-0.2, 0) is 11.2 Å². The van der Waals surface area contributed by atoms with Crippen molar-refractivity contribution in [3.63, 3.8) is 0 Å². The second kappa shape index (κ2) is 5.77. The molecule has 17 heavy (non-hydrogen) atoms. The lowest BCUT2D eigenvalue weighted by atomic mass is 10.1. The van der Waals surface area contributed by atoms with Crippen LogP contribution in [0.4, 0.5) is 0 Å². The Labute approximate surface area is 101 Å². The summed E-state index contributed by atoms with van der Waals surface area (Å²) in [7, 11) is 0. The number of hydrogen-bond donors (Lipinski definition) is 1. The van der Waals surface area contributed by atoms with Gasteiger partial charge < -0.3 is 10.0 Å². The molecule has 4 nitrogen and oxygen atoms in total. The van der Waals surface area contributed by atoms with E-state index in [-0.39, 0.29) is 18.4 Å². The molecular weight excluding hydrogens is 216 g/mol. The van der Waals surface area contributed by atoms with Gasteiger partial charge in [0.1, 0.15) is 0 Å². The van der Waals surface area contributed by atoms with Crippen LogP contribution in [0.3, 0.4) is 0 Å². The van der Waals surface area contributed by atoms with E-state index < -0.39 is 0 Å². The van der Waals surface area contributed by atoms with Crippen LogP contribution in [0.5, 0.6) is 0 Å². The minimum atomic E-state index is 0.189. The van der Waals surface area contributed by atoms with Crippen molar-refractivity contribution in [2.24, 2.45) is 5.92 Å². The highest BCUT2D eigenvalue weighted by atomic mass is 16.3. The first-order valence-corrected chi connectivity index (χ1v) is 6.07. The van der Waals surface area contributed by atoms with Gasteiger partial charge >= 0.3 is 0 Å². The summed E-state index contributed by atoms with van der Waals surface area (Å²) in [6.45, 7) is 1.69. The summed E-state index contributed by atoms with van der Waals surface area (Å²) in [5, 5.41) is 9.03. The molecule has 0 radical (unpaired) electrons. The van der Waals surface area contributed by atoms with Crippen molar-refractivity contribution in [2.45, 2.75) is 19.3 Å². The Morgan fingerprint density at radius 3 is 2.88 bits per heavy atom.